The maximum Gasteiger partial charge on any atom is 0.258 e. The molecule has 0 saturated carbocycles. The fraction of sp³-hybridized carbons (Fsp3) is 0.300. The second kappa shape index (κ2) is 10.8. The Hall–Kier alpha value is -3.04. The van der Waals surface area contributed by atoms with Gasteiger partial charge in [0.15, 0.2) is 28.8 Å². The van der Waals surface area contributed by atoms with Crippen LogP contribution in [0.4, 0.5) is 11.4 Å². The van der Waals surface area contributed by atoms with Crippen molar-refractivity contribution in [2.24, 2.45) is 10.2 Å². The lowest BCUT2D eigenvalue weighted by molar-refractivity contribution is -0.126. The first kappa shape index (κ1) is 24.2. The van der Waals surface area contributed by atoms with Crippen LogP contribution >= 0.6 is 23.2 Å². The van der Waals surface area contributed by atoms with Gasteiger partial charge in [-0.15, -0.1) is 0 Å². The summed E-state index contributed by atoms with van der Waals surface area (Å²) in [6.07, 6.45) is 0. The molecule has 166 valence electrons. The van der Waals surface area contributed by atoms with Gasteiger partial charge in [0.1, 0.15) is 5.69 Å². The summed E-state index contributed by atoms with van der Waals surface area (Å²) in [5.74, 6) is 0.152. The van der Waals surface area contributed by atoms with Crippen LogP contribution in [0.1, 0.15) is 6.92 Å². The molecule has 0 aromatic heterocycles. The van der Waals surface area contributed by atoms with E-state index in [4.69, 9.17) is 42.1 Å². The molecule has 31 heavy (non-hydrogen) atoms. The van der Waals surface area contributed by atoms with Crippen molar-refractivity contribution >= 4 is 46.3 Å². The fourth-order valence-electron chi connectivity index (χ4n) is 2.56. The monoisotopic (exact) mass is 469 g/mol. The highest BCUT2D eigenvalue weighted by molar-refractivity contribution is 6.33. The minimum atomic E-state index is -1.42. The normalized spacial score (nSPS) is 11.7. The molecular formula is C20H21Cl2N3O6. The lowest BCUT2D eigenvalue weighted by Crippen LogP contribution is -2.31. The molecule has 0 aliphatic heterocycles. The summed E-state index contributed by atoms with van der Waals surface area (Å²) in [5, 5.41) is 10.8. The summed E-state index contributed by atoms with van der Waals surface area (Å²) in [7, 11) is 5.78. The van der Waals surface area contributed by atoms with Crippen LogP contribution in [0.5, 0.6) is 23.0 Å². The Balaban J connectivity index is 2.30. The maximum atomic E-state index is 12.7. The number of ketones is 1. The minimum absolute atomic E-state index is 0.201. The largest absolute Gasteiger partial charge is 0.493 e. The van der Waals surface area contributed by atoms with Crippen LogP contribution in [0.3, 0.4) is 0 Å². The van der Waals surface area contributed by atoms with Crippen LogP contribution in [0.2, 0.25) is 10.0 Å². The number of nitrogens with zero attached hydrogens (tertiary/aromatic N) is 2. The molecule has 0 heterocycles. The number of rotatable bonds is 9. The number of hydrogen-bond donors (Lipinski definition) is 1. The quantitative estimate of drug-likeness (QED) is 0.420. The summed E-state index contributed by atoms with van der Waals surface area (Å²) in [6, 6.07) is 4.51. The molecule has 0 aliphatic rings. The Morgan fingerprint density at radius 3 is 2.03 bits per heavy atom. The van der Waals surface area contributed by atoms with E-state index in [1.807, 2.05) is 0 Å². The number of carbonyl (C=O) groups excluding carboxylic acids is 2. The molecule has 2 rings (SSSR count). The van der Waals surface area contributed by atoms with E-state index >= 15 is 0 Å². The smallest absolute Gasteiger partial charge is 0.258 e. The summed E-state index contributed by atoms with van der Waals surface area (Å²) >= 11 is 12.3. The zero-order chi connectivity index (χ0) is 23.1. The number of ether oxygens (including phenoxy) is 4. The van der Waals surface area contributed by atoms with E-state index in [0.717, 1.165) is 0 Å². The van der Waals surface area contributed by atoms with Gasteiger partial charge < -0.3 is 24.3 Å². The Morgan fingerprint density at radius 2 is 1.48 bits per heavy atom. The van der Waals surface area contributed by atoms with Crippen molar-refractivity contribution < 1.29 is 28.5 Å². The molecule has 0 aliphatic carbocycles. The summed E-state index contributed by atoms with van der Waals surface area (Å²) in [5.41, 5.74) is 0.491. The van der Waals surface area contributed by atoms with Gasteiger partial charge in [-0.2, -0.15) is 10.2 Å². The van der Waals surface area contributed by atoms with Gasteiger partial charge in [-0.3, -0.25) is 9.59 Å². The van der Waals surface area contributed by atoms with Gasteiger partial charge in [0.2, 0.25) is 6.04 Å². The van der Waals surface area contributed by atoms with Gasteiger partial charge in [0.05, 0.1) is 38.5 Å². The average molecular weight is 470 g/mol. The lowest BCUT2D eigenvalue weighted by atomic mass is 10.2. The first-order valence-electron chi connectivity index (χ1n) is 8.80. The SMILES string of the molecule is COc1cc(Cl)c(N=NC(C(C)=O)C(=O)Nc2cc(Cl)c(OC)c(OC)c2)cc1OC. The molecule has 0 bridgehead atoms. The van der Waals surface area contributed by atoms with Crippen molar-refractivity contribution in [3.05, 3.63) is 34.3 Å². The van der Waals surface area contributed by atoms with Crippen LogP contribution in [0.25, 0.3) is 0 Å². The van der Waals surface area contributed by atoms with E-state index in [-0.39, 0.29) is 15.7 Å². The number of halogens is 2. The molecule has 1 unspecified atom stereocenters. The van der Waals surface area contributed by atoms with Crippen LogP contribution in [-0.4, -0.2) is 46.2 Å². The number of azo groups is 1. The van der Waals surface area contributed by atoms with E-state index in [1.54, 1.807) is 0 Å². The molecule has 1 atom stereocenters. The second-order valence-corrected chi connectivity index (χ2v) is 6.88. The molecule has 0 fully saturated rings. The summed E-state index contributed by atoms with van der Waals surface area (Å²) in [6.45, 7) is 1.22. The minimum Gasteiger partial charge on any atom is -0.493 e. The molecule has 0 radical (unpaired) electrons. The van der Waals surface area contributed by atoms with Crippen molar-refractivity contribution in [1.29, 1.82) is 0 Å². The van der Waals surface area contributed by atoms with Crippen molar-refractivity contribution in [2.45, 2.75) is 13.0 Å². The molecule has 2 aromatic rings. The third-order valence-electron chi connectivity index (χ3n) is 4.07. The van der Waals surface area contributed by atoms with Crippen molar-refractivity contribution in [3.8, 4) is 23.0 Å². The molecular weight excluding hydrogens is 449 g/mol. The Bertz CT molecular complexity index is 1010. The van der Waals surface area contributed by atoms with E-state index < -0.39 is 17.7 Å². The molecule has 1 N–H and O–H groups in total. The van der Waals surface area contributed by atoms with Crippen LogP contribution in [0.15, 0.2) is 34.5 Å². The van der Waals surface area contributed by atoms with Crippen LogP contribution in [0, 0.1) is 0 Å². The Labute approximate surface area is 189 Å². The van der Waals surface area contributed by atoms with Gasteiger partial charge in [-0.25, -0.2) is 0 Å². The van der Waals surface area contributed by atoms with Gasteiger partial charge in [0, 0.05) is 23.9 Å². The first-order chi connectivity index (χ1) is 14.7. The Morgan fingerprint density at radius 1 is 0.871 bits per heavy atom. The van der Waals surface area contributed by atoms with Crippen LogP contribution in [-0.2, 0) is 9.59 Å². The van der Waals surface area contributed by atoms with E-state index in [9.17, 15) is 9.59 Å². The number of methoxy groups -OCH3 is 4. The molecule has 0 saturated heterocycles. The highest BCUT2D eigenvalue weighted by Gasteiger charge is 2.24. The number of benzene rings is 2. The van der Waals surface area contributed by atoms with E-state index in [1.165, 1.54) is 59.6 Å². The van der Waals surface area contributed by atoms with Gasteiger partial charge in [0.25, 0.3) is 5.91 Å². The zero-order valence-electron chi connectivity index (χ0n) is 17.5. The van der Waals surface area contributed by atoms with Crippen molar-refractivity contribution in [1.82, 2.24) is 0 Å². The Kier molecular flexibility index (Phi) is 8.47. The third kappa shape index (κ3) is 5.77. The third-order valence-corrected chi connectivity index (χ3v) is 4.65. The highest BCUT2D eigenvalue weighted by Crippen LogP contribution is 2.39. The molecule has 9 nitrogen and oxygen atoms in total. The number of hydrogen-bond acceptors (Lipinski definition) is 8. The number of Topliss-reactive ketones (excluding diaryl/α,β-unsaturated/α-hetero) is 1. The van der Waals surface area contributed by atoms with Crippen molar-refractivity contribution in [2.75, 3.05) is 33.8 Å². The lowest BCUT2D eigenvalue weighted by Gasteiger charge is -2.14. The molecule has 1 amide bonds. The average Bonchev–Trinajstić information content (AvgIpc) is 2.73. The number of amides is 1. The van der Waals surface area contributed by atoms with Gasteiger partial charge in [-0.1, -0.05) is 23.2 Å². The zero-order valence-corrected chi connectivity index (χ0v) is 19.0. The predicted molar refractivity (Wildman–Crippen MR) is 117 cm³/mol. The summed E-state index contributed by atoms with van der Waals surface area (Å²) < 4.78 is 20.7. The number of anilines is 1. The predicted octanol–water partition coefficient (Wildman–Crippen LogP) is 4.71. The topological polar surface area (TPSA) is 108 Å². The molecule has 0 spiro atoms. The fourth-order valence-corrected chi connectivity index (χ4v) is 3.04. The summed E-state index contributed by atoms with van der Waals surface area (Å²) in [4.78, 5) is 24.7. The van der Waals surface area contributed by atoms with E-state index in [2.05, 4.69) is 15.5 Å². The van der Waals surface area contributed by atoms with Gasteiger partial charge >= 0.3 is 0 Å². The second-order valence-electron chi connectivity index (χ2n) is 6.07. The standard InChI is InChI=1S/C20H21Cl2N3O6/c1-10(26)18(25-24-14-9-16(29-3)15(28-2)8-12(14)21)20(27)23-11-6-13(22)19(31-5)17(7-11)30-4/h6-9,18H,1-5H3,(H,23,27). The maximum absolute atomic E-state index is 12.7. The van der Waals surface area contributed by atoms with Crippen molar-refractivity contribution in [3.63, 3.8) is 0 Å². The van der Waals surface area contributed by atoms with Crippen LogP contribution < -0.4 is 24.3 Å². The number of carbonyl (C=O) groups is 2. The van der Waals surface area contributed by atoms with E-state index in [0.29, 0.717) is 28.7 Å². The molecule has 11 heteroatoms. The number of nitrogens with one attached hydrogen (secondary N) is 1. The first-order valence-corrected chi connectivity index (χ1v) is 9.56. The molecule has 2 aromatic carbocycles. The highest BCUT2D eigenvalue weighted by atomic mass is 35.5. The van der Waals surface area contributed by atoms with Gasteiger partial charge in [-0.05, 0) is 13.0 Å².